The Morgan fingerprint density at radius 3 is 2.66 bits per heavy atom. The van der Waals surface area contributed by atoms with Crippen LogP contribution in [0.15, 0.2) is 24.5 Å². The van der Waals surface area contributed by atoms with E-state index in [0.29, 0.717) is 37.2 Å². The first-order valence-corrected chi connectivity index (χ1v) is 11.9. The highest BCUT2D eigenvalue weighted by Gasteiger charge is 2.48. The summed E-state index contributed by atoms with van der Waals surface area (Å²) < 4.78 is 27.0. The van der Waals surface area contributed by atoms with Crippen molar-refractivity contribution in [1.29, 1.82) is 5.26 Å². The lowest BCUT2D eigenvalue weighted by Gasteiger charge is -2.47. The monoisotopic (exact) mass is 501 g/mol. The van der Waals surface area contributed by atoms with Crippen LogP contribution in [0.1, 0.15) is 38.2 Å². The first-order chi connectivity index (χ1) is 16.7. The fraction of sp³-hybridized carbons (Fsp3) is 0.500. The molecule has 35 heavy (non-hydrogen) atoms. The largest absolute Gasteiger partial charge is 0.471 e. The second-order valence-corrected chi connectivity index (χ2v) is 10.1. The Hall–Kier alpha value is -3.16. The van der Waals surface area contributed by atoms with Gasteiger partial charge in [0, 0.05) is 24.9 Å². The molecule has 3 fully saturated rings. The number of aliphatic hydroxyl groups excluding tert-OH is 1. The van der Waals surface area contributed by atoms with Crippen molar-refractivity contribution >= 4 is 29.2 Å². The standard InChI is InChI=1S/C24H25ClFN5O4/c1-24(4-5-24)35-23(33)31-10-14-7-16(32)8-15(11-31)20(14)34-22-19(26)21(28-12-29-22)30-18-3-2-13(9-27)6-17(18)25/h2-3,6,12,14-16,20,32H,4-5,7-8,10-11H2,1H3,(H,28,29,30). The number of benzene rings is 1. The van der Waals surface area contributed by atoms with Crippen LogP contribution in [-0.2, 0) is 4.74 Å². The highest BCUT2D eigenvalue weighted by molar-refractivity contribution is 6.33. The van der Waals surface area contributed by atoms with Gasteiger partial charge in [-0.3, -0.25) is 0 Å². The molecular formula is C24H25ClFN5O4. The van der Waals surface area contributed by atoms with Crippen LogP contribution >= 0.6 is 11.6 Å². The van der Waals surface area contributed by atoms with Gasteiger partial charge in [0.05, 0.1) is 28.4 Å². The number of likely N-dealkylation sites (tertiary alicyclic amines) is 1. The maximum Gasteiger partial charge on any atom is 0.410 e. The lowest BCUT2D eigenvalue weighted by molar-refractivity contribution is -0.0768. The predicted octanol–water partition coefficient (Wildman–Crippen LogP) is 4.02. The molecule has 2 atom stereocenters. The molecule has 1 aromatic carbocycles. The van der Waals surface area contributed by atoms with Gasteiger partial charge in [0.1, 0.15) is 18.0 Å². The van der Waals surface area contributed by atoms with E-state index in [4.69, 9.17) is 26.3 Å². The molecule has 1 aliphatic heterocycles. The SMILES string of the molecule is CC1(OC(=O)N2CC3CC(O)CC(C2)C3Oc2ncnc(Nc3ccc(C#N)cc3Cl)c2F)CC1. The van der Waals surface area contributed by atoms with Crippen LogP contribution < -0.4 is 10.1 Å². The van der Waals surface area contributed by atoms with Gasteiger partial charge in [0.2, 0.25) is 5.82 Å². The number of nitriles is 1. The van der Waals surface area contributed by atoms with Crippen LogP contribution in [0.25, 0.3) is 0 Å². The van der Waals surface area contributed by atoms with E-state index in [0.717, 1.165) is 12.8 Å². The summed E-state index contributed by atoms with van der Waals surface area (Å²) in [5, 5.41) is 22.4. The number of amides is 1. The average molecular weight is 502 g/mol. The third-order valence-electron chi connectivity index (χ3n) is 6.89. The Balaban J connectivity index is 1.31. The van der Waals surface area contributed by atoms with Crippen LogP contribution in [-0.4, -0.2) is 57.0 Å². The molecule has 2 saturated carbocycles. The number of rotatable bonds is 5. The van der Waals surface area contributed by atoms with Crippen LogP contribution in [0.2, 0.25) is 5.02 Å². The van der Waals surface area contributed by atoms with E-state index in [1.54, 1.807) is 17.0 Å². The summed E-state index contributed by atoms with van der Waals surface area (Å²) in [5.41, 5.74) is 0.387. The minimum absolute atomic E-state index is 0.120. The molecule has 0 radical (unpaired) electrons. The molecule has 11 heteroatoms. The molecular weight excluding hydrogens is 477 g/mol. The van der Waals surface area contributed by atoms with E-state index in [1.807, 2.05) is 13.0 Å². The average Bonchev–Trinajstić information content (AvgIpc) is 3.54. The lowest BCUT2D eigenvalue weighted by Crippen LogP contribution is -2.58. The first kappa shape index (κ1) is 23.6. The van der Waals surface area contributed by atoms with Gasteiger partial charge >= 0.3 is 6.09 Å². The molecule has 2 N–H and O–H groups in total. The van der Waals surface area contributed by atoms with Crippen molar-refractivity contribution in [1.82, 2.24) is 14.9 Å². The second kappa shape index (κ2) is 9.13. The number of hydrogen-bond donors (Lipinski definition) is 2. The summed E-state index contributed by atoms with van der Waals surface area (Å²) in [5.74, 6) is -1.52. The van der Waals surface area contributed by atoms with Crippen molar-refractivity contribution in [2.45, 2.75) is 50.4 Å². The third-order valence-corrected chi connectivity index (χ3v) is 7.20. The van der Waals surface area contributed by atoms with E-state index < -0.39 is 18.0 Å². The van der Waals surface area contributed by atoms with Crippen molar-refractivity contribution in [2.24, 2.45) is 11.8 Å². The van der Waals surface area contributed by atoms with Crippen LogP contribution in [0.4, 0.5) is 20.7 Å². The molecule has 2 bridgehead atoms. The topological polar surface area (TPSA) is 121 Å². The van der Waals surface area contributed by atoms with E-state index in [9.17, 15) is 9.90 Å². The second-order valence-electron chi connectivity index (χ2n) is 9.72. The number of aliphatic hydroxyl groups is 1. The number of carbonyl (C=O) groups is 1. The van der Waals surface area contributed by atoms with E-state index >= 15 is 4.39 Å². The Bertz CT molecular complexity index is 1170. The summed E-state index contributed by atoms with van der Waals surface area (Å²) in [6.07, 6.45) is 2.49. The Labute approximate surface area is 206 Å². The smallest absolute Gasteiger partial charge is 0.410 e. The van der Waals surface area contributed by atoms with Crippen molar-refractivity contribution in [3.05, 3.63) is 40.9 Å². The molecule has 1 aromatic heterocycles. The zero-order valence-electron chi connectivity index (χ0n) is 19.1. The highest BCUT2D eigenvalue weighted by Crippen LogP contribution is 2.42. The number of aromatic nitrogens is 2. The molecule has 2 aliphatic carbocycles. The van der Waals surface area contributed by atoms with Gasteiger partial charge in [-0.15, -0.1) is 0 Å². The van der Waals surface area contributed by atoms with Gasteiger partial charge in [-0.25, -0.2) is 9.78 Å². The van der Waals surface area contributed by atoms with Crippen molar-refractivity contribution in [2.75, 3.05) is 18.4 Å². The molecule has 184 valence electrons. The number of carbonyl (C=O) groups excluding carboxylic acids is 1. The molecule has 2 unspecified atom stereocenters. The van der Waals surface area contributed by atoms with Crippen LogP contribution in [0.3, 0.4) is 0 Å². The first-order valence-electron chi connectivity index (χ1n) is 11.5. The van der Waals surface area contributed by atoms with Gasteiger partial charge in [0.15, 0.2) is 5.82 Å². The van der Waals surface area contributed by atoms with E-state index in [-0.39, 0.29) is 40.3 Å². The summed E-state index contributed by atoms with van der Waals surface area (Å²) >= 11 is 6.19. The third kappa shape index (κ3) is 4.97. The van der Waals surface area contributed by atoms with E-state index in [2.05, 4.69) is 15.3 Å². The summed E-state index contributed by atoms with van der Waals surface area (Å²) in [7, 11) is 0. The molecule has 1 saturated heterocycles. The number of hydrogen-bond acceptors (Lipinski definition) is 8. The van der Waals surface area contributed by atoms with Crippen LogP contribution in [0.5, 0.6) is 5.88 Å². The molecule has 5 rings (SSSR count). The number of ether oxygens (including phenoxy) is 2. The number of nitrogens with zero attached hydrogens (tertiary/aromatic N) is 4. The number of halogens is 2. The number of anilines is 2. The maximum absolute atomic E-state index is 15.3. The summed E-state index contributed by atoms with van der Waals surface area (Å²) in [6, 6.07) is 6.57. The molecule has 9 nitrogen and oxygen atoms in total. The quantitative estimate of drug-likeness (QED) is 0.630. The van der Waals surface area contributed by atoms with Gasteiger partial charge in [0.25, 0.3) is 5.88 Å². The fourth-order valence-corrected chi connectivity index (χ4v) is 5.03. The van der Waals surface area contributed by atoms with Gasteiger partial charge in [-0.1, -0.05) is 11.6 Å². The van der Waals surface area contributed by atoms with Crippen LogP contribution in [0, 0.1) is 29.0 Å². The maximum atomic E-state index is 15.3. The van der Waals surface area contributed by atoms with Crippen molar-refractivity contribution in [3.63, 3.8) is 0 Å². The highest BCUT2D eigenvalue weighted by atomic mass is 35.5. The van der Waals surface area contributed by atoms with Crippen molar-refractivity contribution in [3.8, 4) is 11.9 Å². The van der Waals surface area contributed by atoms with Gasteiger partial charge in [-0.2, -0.15) is 14.6 Å². The molecule has 1 amide bonds. The minimum atomic E-state index is -0.782. The predicted molar refractivity (Wildman–Crippen MR) is 124 cm³/mol. The van der Waals surface area contributed by atoms with E-state index in [1.165, 1.54) is 12.4 Å². The zero-order valence-corrected chi connectivity index (χ0v) is 19.8. The lowest BCUT2D eigenvalue weighted by atomic mass is 9.74. The molecule has 0 spiro atoms. The number of nitrogens with one attached hydrogen (secondary N) is 1. The Morgan fingerprint density at radius 2 is 2.03 bits per heavy atom. The minimum Gasteiger partial charge on any atom is -0.471 e. The summed E-state index contributed by atoms with van der Waals surface area (Å²) in [4.78, 5) is 22.3. The Kier molecular flexibility index (Phi) is 6.15. The molecule has 2 aromatic rings. The Morgan fingerprint density at radius 1 is 1.31 bits per heavy atom. The van der Waals surface area contributed by atoms with Crippen molar-refractivity contribution < 1.29 is 23.8 Å². The zero-order chi connectivity index (χ0) is 24.7. The molecule has 3 aliphatic rings. The normalized spacial score (nSPS) is 26.4. The summed E-state index contributed by atoms with van der Waals surface area (Å²) in [6.45, 7) is 2.62. The van der Waals surface area contributed by atoms with Gasteiger partial charge < -0.3 is 24.8 Å². The number of fused-ring (bicyclic) bond motifs is 2. The number of piperidine rings is 1. The van der Waals surface area contributed by atoms with Gasteiger partial charge in [-0.05, 0) is 50.8 Å². The molecule has 2 heterocycles. The fourth-order valence-electron chi connectivity index (χ4n) is 4.81.